The number of nitrogens with zero attached hydrogens (tertiary/aromatic N) is 1. The molecule has 1 amide bonds. The van der Waals surface area contributed by atoms with Crippen LogP contribution in [0.15, 0.2) is 78.4 Å². The number of hydrogen-bond donors (Lipinski definition) is 1. The quantitative estimate of drug-likeness (QED) is 0.310. The van der Waals surface area contributed by atoms with Crippen LogP contribution in [-0.2, 0) is 9.59 Å². The largest absolute Gasteiger partial charge is 0.507 e. The number of benzene rings is 3. The summed E-state index contributed by atoms with van der Waals surface area (Å²) >= 11 is 6.31. The summed E-state index contributed by atoms with van der Waals surface area (Å²) in [6.07, 6.45) is 0. The van der Waals surface area contributed by atoms with Crippen LogP contribution in [-0.4, -0.2) is 23.4 Å². The Balaban J connectivity index is 1.94. The van der Waals surface area contributed by atoms with E-state index >= 15 is 0 Å². The number of amides is 1. The van der Waals surface area contributed by atoms with Gasteiger partial charge in [0, 0.05) is 16.3 Å². The monoisotopic (exact) mass is 447 g/mol. The number of aliphatic hydroxyl groups is 1. The number of carbonyl (C=O) groups is 2. The minimum atomic E-state index is -0.802. The fourth-order valence-electron chi connectivity index (χ4n) is 3.94. The first-order valence-corrected chi connectivity index (χ1v) is 10.7. The molecular weight excluding hydrogens is 426 g/mol. The van der Waals surface area contributed by atoms with Crippen molar-refractivity contribution in [1.29, 1.82) is 0 Å². The van der Waals surface area contributed by atoms with E-state index in [0.29, 0.717) is 39.8 Å². The number of aliphatic hydroxyl groups excluding tert-OH is 1. The van der Waals surface area contributed by atoms with Crippen molar-refractivity contribution in [2.75, 3.05) is 11.5 Å². The molecule has 0 spiro atoms. The minimum Gasteiger partial charge on any atom is -0.507 e. The zero-order valence-electron chi connectivity index (χ0n) is 17.7. The van der Waals surface area contributed by atoms with Gasteiger partial charge in [-0.3, -0.25) is 14.5 Å². The van der Waals surface area contributed by atoms with Crippen LogP contribution in [0.25, 0.3) is 5.76 Å². The Bertz CT molecular complexity index is 1220. The molecule has 4 rings (SSSR count). The third-order valence-corrected chi connectivity index (χ3v) is 5.89. The van der Waals surface area contributed by atoms with Gasteiger partial charge in [0.2, 0.25) is 0 Å². The molecule has 0 saturated carbocycles. The first-order chi connectivity index (χ1) is 15.4. The van der Waals surface area contributed by atoms with Crippen molar-refractivity contribution in [3.05, 3.63) is 100 Å². The molecule has 1 fully saturated rings. The van der Waals surface area contributed by atoms with E-state index in [1.54, 1.807) is 49.4 Å². The number of Topliss-reactive ketones (excluding diaryl/α,β-unsaturated/α-hetero) is 1. The van der Waals surface area contributed by atoms with Crippen molar-refractivity contribution < 1.29 is 19.4 Å². The van der Waals surface area contributed by atoms with Gasteiger partial charge in [-0.05, 0) is 49.2 Å². The first kappa shape index (κ1) is 21.7. The van der Waals surface area contributed by atoms with Gasteiger partial charge in [-0.25, -0.2) is 0 Å². The number of rotatable bonds is 5. The van der Waals surface area contributed by atoms with Crippen LogP contribution in [0, 0.1) is 6.92 Å². The van der Waals surface area contributed by atoms with Crippen LogP contribution in [0.4, 0.5) is 5.69 Å². The van der Waals surface area contributed by atoms with Gasteiger partial charge < -0.3 is 9.84 Å². The van der Waals surface area contributed by atoms with Gasteiger partial charge in [-0.2, -0.15) is 0 Å². The molecule has 162 valence electrons. The molecule has 1 saturated heterocycles. The highest BCUT2D eigenvalue weighted by atomic mass is 35.5. The Morgan fingerprint density at radius 3 is 2.47 bits per heavy atom. The second kappa shape index (κ2) is 8.89. The molecule has 0 aliphatic carbocycles. The Morgan fingerprint density at radius 1 is 1.03 bits per heavy atom. The van der Waals surface area contributed by atoms with Gasteiger partial charge in [-0.15, -0.1) is 0 Å². The third kappa shape index (κ3) is 3.76. The third-order valence-electron chi connectivity index (χ3n) is 5.48. The molecule has 5 nitrogen and oxygen atoms in total. The van der Waals surface area contributed by atoms with Crippen molar-refractivity contribution in [2.24, 2.45) is 0 Å². The van der Waals surface area contributed by atoms with E-state index in [2.05, 4.69) is 0 Å². The normalized spacial score (nSPS) is 17.6. The summed E-state index contributed by atoms with van der Waals surface area (Å²) in [4.78, 5) is 27.9. The van der Waals surface area contributed by atoms with Gasteiger partial charge in [-0.1, -0.05) is 60.1 Å². The molecule has 0 radical (unpaired) electrons. The van der Waals surface area contributed by atoms with E-state index in [1.807, 2.05) is 37.3 Å². The summed E-state index contributed by atoms with van der Waals surface area (Å²) in [5.74, 6) is -1.15. The number of anilines is 1. The van der Waals surface area contributed by atoms with Crippen LogP contribution >= 0.6 is 11.6 Å². The highest BCUT2D eigenvalue weighted by molar-refractivity contribution is 6.52. The van der Waals surface area contributed by atoms with Gasteiger partial charge in [0.05, 0.1) is 18.2 Å². The molecule has 3 aromatic carbocycles. The maximum Gasteiger partial charge on any atom is 0.300 e. The van der Waals surface area contributed by atoms with E-state index in [0.717, 1.165) is 0 Å². The van der Waals surface area contributed by atoms with E-state index < -0.39 is 17.7 Å². The predicted octanol–water partition coefficient (Wildman–Crippen LogP) is 5.67. The van der Waals surface area contributed by atoms with E-state index in [-0.39, 0.29) is 11.3 Å². The molecule has 0 aromatic heterocycles. The molecule has 1 N–H and O–H groups in total. The molecule has 1 aliphatic heterocycles. The molecular formula is C26H22ClNO4. The lowest BCUT2D eigenvalue weighted by Gasteiger charge is -2.27. The van der Waals surface area contributed by atoms with Gasteiger partial charge in [0.25, 0.3) is 11.7 Å². The Morgan fingerprint density at radius 2 is 1.75 bits per heavy atom. The fourth-order valence-corrected chi connectivity index (χ4v) is 4.11. The molecule has 0 bridgehead atoms. The molecule has 1 unspecified atom stereocenters. The van der Waals surface area contributed by atoms with Gasteiger partial charge in [0.15, 0.2) is 0 Å². The maximum atomic E-state index is 13.2. The summed E-state index contributed by atoms with van der Waals surface area (Å²) in [6, 6.07) is 20.4. The Labute approximate surface area is 191 Å². The van der Waals surface area contributed by atoms with Crippen LogP contribution in [0.2, 0.25) is 5.02 Å². The minimum absolute atomic E-state index is 0.0224. The van der Waals surface area contributed by atoms with E-state index in [1.165, 1.54) is 4.90 Å². The number of ketones is 1. The zero-order valence-corrected chi connectivity index (χ0v) is 18.5. The molecule has 32 heavy (non-hydrogen) atoms. The van der Waals surface area contributed by atoms with Crippen LogP contribution in [0.3, 0.4) is 0 Å². The fraction of sp³-hybridized carbons (Fsp3) is 0.154. The molecule has 1 heterocycles. The summed E-state index contributed by atoms with van der Waals surface area (Å²) in [6.45, 7) is 4.12. The highest BCUT2D eigenvalue weighted by Crippen LogP contribution is 2.44. The number of ether oxygens (including phenoxy) is 1. The predicted molar refractivity (Wildman–Crippen MR) is 125 cm³/mol. The molecule has 1 aliphatic rings. The topological polar surface area (TPSA) is 66.8 Å². The summed E-state index contributed by atoms with van der Waals surface area (Å²) in [5.41, 5.74) is 2.33. The van der Waals surface area contributed by atoms with Crippen LogP contribution in [0.1, 0.15) is 29.7 Å². The Kier molecular flexibility index (Phi) is 6.01. The van der Waals surface area contributed by atoms with Crippen molar-refractivity contribution in [3.63, 3.8) is 0 Å². The van der Waals surface area contributed by atoms with Crippen LogP contribution in [0.5, 0.6) is 5.75 Å². The van der Waals surface area contributed by atoms with Crippen molar-refractivity contribution >= 4 is 34.7 Å². The Hall–Kier alpha value is -3.57. The van der Waals surface area contributed by atoms with Crippen molar-refractivity contribution in [2.45, 2.75) is 19.9 Å². The molecule has 6 heteroatoms. The summed E-state index contributed by atoms with van der Waals surface area (Å²) < 4.78 is 5.53. The smallest absolute Gasteiger partial charge is 0.300 e. The SMILES string of the molecule is CCOc1cccc(/C(O)=C2\C(=O)C(=O)N(c3cccc(Cl)c3C)C2c2ccccc2)c1. The lowest BCUT2D eigenvalue weighted by Crippen LogP contribution is -2.30. The second-order valence-corrected chi connectivity index (χ2v) is 7.83. The highest BCUT2D eigenvalue weighted by Gasteiger charge is 2.47. The van der Waals surface area contributed by atoms with Crippen molar-refractivity contribution in [1.82, 2.24) is 0 Å². The van der Waals surface area contributed by atoms with Crippen LogP contribution < -0.4 is 9.64 Å². The standard InChI is InChI=1S/C26H22ClNO4/c1-3-32-19-12-7-11-18(15-19)24(29)22-23(17-9-5-4-6-10-17)28(26(31)25(22)30)21-14-8-13-20(27)16(21)2/h4-15,23,29H,3H2,1-2H3/b24-22+. The average Bonchev–Trinajstić information content (AvgIpc) is 3.07. The first-order valence-electron chi connectivity index (χ1n) is 10.3. The van der Waals surface area contributed by atoms with Gasteiger partial charge in [0.1, 0.15) is 11.5 Å². The summed E-state index contributed by atoms with van der Waals surface area (Å²) in [7, 11) is 0. The number of hydrogen-bond acceptors (Lipinski definition) is 4. The van der Waals surface area contributed by atoms with E-state index in [4.69, 9.17) is 16.3 Å². The lowest BCUT2D eigenvalue weighted by atomic mass is 9.95. The summed E-state index contributed by atoms with van der Waals surface area (Å²) in [5, 5.41) is 11.7. The van der Waals surface area contributed by atoms with Crippen molar-refractivity contribution in [3.8, 4) is 5.75 Å². The number of halogens is 1. The lowest BCUT2D eigenvalue weighted by molar-refractivity contribution is -0.132. The number of carbonyl (C=O) groups excluding carboxylic acids is 2. The average molecular weight is 448 g/mol. The second-order valence-electron chi connectivity index (χ2n) is 7.42. The molecule has 1 atom stereocenters. The molecule has 3 aromatic rings. The van der Waals surface area contributed by atoms with Gasteiger partial charge >= 0.3 is 0 Å². The van der Waals surface area contributed by atoms with E-state index in [9.17, 15) is 14.7 Å². The zero-order chi connectivity index (χ0) is 22.8. The maximum absolute atomic E-state index is 13.2.